The lowest BCUT2D eigenvalue weighted by Gasteiger charge is -2.47. The number of β-amino-alcohol motifs (C(OH)–C–C–N with tert-alkyl or cyclic N) is 1. The normalized spacial score (nSPS) is 21.6. The zero-order valence-corrected chi connectivity index (χ0v) is 15.1. The van der Waals surface area contributed by atoms with Gasteiger partial charge >= 0.3 is 0 Å². The Labute approximate surface area is 148 Å². The Morgan fingerprint density at radius 3 is 2.68 bits per heavy atom. The minimum absolute atomic E-state index is 0.0438. The monoisotopic (exact) mass is 348 g/mol. The third-order valence-corrected chi connectivity index (χ3v) is 5.55. The van der Waals surface area contributed by atoms with Gasteiger partial charge in [0, 0.05) is 45.3 Å². The Hall–Kier alpha value is -1.89. The zero-order valence-electron chi connectivity index (χ0n) is 15.1. The number of carbonyl (C=O) groups excluding carboxylic acids is 2. The molecule has 1 aromatic heterocycles. The van der Waals surface area contributed by atoms with Gasteiger partial charge in [-0.2, -0.15) is 5.10 Å². The largest absolute Gasteiger partial charge is 0.392 e. The summed E-state index contributed by atoms with van der Waals surface area (Å²) in [7, 11) is 0. The fraction of sp³-hybridized carbons (Fsp3) is 0.722. The topological polar surface area (TPSA) is 78.7 Å². The SMILES string of the molecule is CCn1cc(C(=O)N2CCC3(CCC(=O)N(C[C@H](C)O)C3)CC2)cn1. The molecule has 25 heavy (non-hydrogen) atoms. The van der Waals surface area contributed by atoms with Gasteiger partial charge in [-0.3, -0.25) is 14.3 Å². The van der Waals surface area contributed by atoms with Crippen LogP contribution in [0.2, 0.25) is 0 Å². The van der Waals surface area contributed by atoms with Gasteiger partial charge in [0.05, 0.1) is 17.9 Å². The summed E-state index contributed by atoms with van der Waals surface area (Å²) in [5.41, 5.74) is 0.736. The van der Waals surface area contributed by atoms with Crippen molar-refractivity contribution in [3.05, 3.63) is 18.0 Å². The van der Waals surface area contributed by atoms with Crippen LogP contribution in [0.3, 0.4) is 0 Å². The molecule has 2 amide bonds. The second-order valence-corrected chi connectivity index (χ2v) is 7.50. The van der Waals surface area contributed by atoms with E-state index in [2.05, 4.69) is 5.10 Å². The first-order chi connectivity index (χ1) is 11.9. The van der Waals surface area contributed by atoms with Crippen LogP contribution in [0.25, 0.3) is 0 Å². The summed E-state index contributed by atoms with van der Waals surface area (Å²) >= 11 is 0. The lowest BCUT2D eigenvalue weighted by atomic mass is 9.72. The van der Waals surface area contributed by atoms with Crippen LogP contribution in [-0.4, -0.2) is 68.8 Å². The summed E-state index contributed by atoms with van der Waals surface area (Å²) in [6.07, 6.45) is 6.18. The molecular weight excluding hydrogens is 320 g/mol. The number of piperidine rings is 2. The standard InChI is InChI=1S/C18H28N4O3/c1-3-22-12-15(10-19-22)17(25)20-8-6-18(7-9-20)5-4-16(24)21(13-18)11-14(2)23/h10,12,14,23H,3-9,11,13H2,1-2H3/t14-/m0/s1. The lowest BCUT2D eigenvalue weighted by Crippen LogP contribution is -2.53. The van der Waals surface area contributed by atoms with E-state index in [0.29, 0.717) is 38.2 Å². The minimum atomic E-state index is -0.504. The van der Waals surface area contributed by atoms with Crippen LogP contribution in [0, 0.1) is 5.41 Å². The molecule has 3 heterocycles. The van der Waals surface area contributed by atoms with E-state index in [1.54, 1.807) is 28.9 Å². The minimum Gasteiger partial charge on any atom is -0.392 e. The summed E-state index contributed by atoms with van der Waals surface area (Å²) in [4.78, 5) is 28.4. The van der Waals surface area contributed by atoms with Gasteiger partial charge in [-0.15, -0.1) is 0 Å². The van der Waals surface area contributed by atoms with Crippen LogP contribution in [0.1, 0.15) is 49.9 Å². The third-order valence-electron chi connectivity index (χ3n) is 5.55. The van der Waals surface area contributed by atoms with Crippen LogP contribution in [0.5, 0.6) is 0 Å². The summed E-state index contributed by atoms with van der Waals surface area (Å²) < 4.78 is 1.76. The van der Waals surface area contributed by atoms with Crippen molar-refractivity contribution in [3.8, 4) is 0 Å². The smallest absolute Gasteiger partial charge is 0.257 e. The van der Waals surface area contributed by atoms with Crippen molar-refractivity contribution < 1.29 is 14.7 Å². The van der Waals surface area contributed by atoms with E-state index < -0.39 is 6.10 Å². The van der Waals surface area contributed by atoms with Gasteiger partial charge in [-0.05, 0) is 38.5 Å². The number of aliphatic hydroxyl groups is 1. The van der Waals surface area contributed by atoms with Crippen LogP contribution in [0.15, 0.2) is 12.4 Å². The van der Waals surface area contributed by atoms with Gasteiger partial charge < -0.3 is 14.9 Å². The second kappa shape index (κ2) is 7.15. The summed E-state index contributed by atoms with van der Waals surface area (Å²) in [6.45, 7) is 7.00. The predicted octanol–water partition coefficient (Wildman–Crippen LogP) is 1.13. The molecule has 2 saturated heterocycles. The Balaban J connectivity index is 1.60. The van der Waals surface area contributed by atoms with E-state index in [-0.39, 0.29) is 17.2 Å². The maximum absolute atomic E-state index is 12.6. The maximum Gasteiger partial charge on any atom is 0.257 e. The number of hydrogen-bond donors (Lipinski definition) is 1. The molecule has 0 bridgehead atoms. The molecule has 1 aromatic rings. The Morgan fingerprint density at radius 1 is 1.36 bits per heavy atom. The molecule has 1 N–H and O–H groups in total. The summed E-state index contributed by atoms with van der Waals surface area (Å²) in [6, 6.07) is 0. The van der Waals surface area contributed by atoms with E-state index in [1.165, 1.54) is 0 Å². The van der Waals surface area contributed by atoms with E-state index in [9.17, 15) is 14.7 Å². The van der Waals surface area contributed by atoms with Crippen LogP contribution < -0.4 is 0 Å². The number of likely N-dealkylation sites (tertiary alicyclic amines) is 2. The summed E-state index contributed by atoms with van der Waals surface area (Å²) in [5.74, 6) is 0.180. The Morgan fingerprint density at radius 2 is 2.08 bits per heavy atom. The number of rotatable bonds is 4. The van der Waals surface area contributed by atoms with Crippen LogP contribution >= 0.6 is 0 Å². The number of nitrogens with zero attached hydrogens (tertiary/aromatic N) is 4. The van der Waals surface area contributed by atoms with Gasteiger partial charge in [-0.1, -0.05) is 0 Å². The van der Waals surface area contributed by atoms with E-state index in [4.69, 9.17) is 0 Å². The molecule has 7 nitrogen and oxygen atoms in total. The fourth-order valence-electron chi connectivity index (χ4n) is 4.01. The highest BCUT2D eigenvalue weighted by molar-refractivity contribution is 5.93. The Kier molecular flexibility index (Phi) is 5.13. The van der Waals surface area contributed by atoms with Crippen molar-refractivity contribution in [3.63, 3.8) is 0 Å². The molecule has 2 aliphatic heterocycles. The number of carbonyl (C=O) groups is 2. The molecule has 138 valence electrons. The van der Waals surface area contributed by atoms with Gasteiger partial charge in [0.1, 0.15) is 0 Å². The maximum atomic E-state index is 12.6. The second-order valence-electron chi connectivity index (χ2n) is 7.50. The van der Waals surface area contributed by atoms with Crippen LogP contribution in [0.4, 0.5) is 0 Å². The average molecular weight is 348 g/mol. The molecular formula is C18H28N4O3. The van der Waals surface area contributed by atoms with E-state index in [0.717, 1.165) is 25.8 Å². The van der Waals surface area contributed by atoms with Crippen molar-refractivity contribution >= 4 is 11.8 Å². The first-order valence-electron chi connectivity index (χ1n) is 9.20. The van der Waals surface area contributed by atoms with Crippen LogP contribution in [-0.2, 0) is 11.3 Å². The first-order valence-corrected chi connectivity index (χ1v) is 9.20. The number of aromatic nitrogens is 2. The molecule has 7 heteroatoms. The van der Waals surface area contributed by atoms with Crippen molar-refractivity contribution in [1.82, 2.24) is 19.6 Å². The first kappa shape index (κ1) is 17.9. The quantitative estimate of drug-likeness (QED) is 0.885. The molecule has 2 fully saturated rings. The lowest BCUT2D eigenvalue weighted by molar-refractivity contribution is -0.140. The molecule has 0 aliphatic carbocycles. The van der Waals surface area contributed by atoms with Gasteiger partial charge in [-0.25, -0.2) is 0 Å². The molecule has 0 aromatic carbocycles. The molecule has 0 radical (unpaired) electrons. The highest BCUT2D eigenvalue weighted by Gasteiger charge is 2.42. The fourth-order valence-corrected chi connectivity index (χ4v) is 4.01. The average Bonchev–Trinajstić information content (AvgIpc) is 3.07. The molecule has 3 rings (SSSR count). The van der Waals surface area contributed by atoms with Crippen molar-refractivity contribution in [2.75, 3.05) is 26.2 Å². The molecule has 0 saturated carbocycles. The Bertz CT molecular complexity index is 632. The molecule has 1 spiro atoms. The van der Waals surface area contributed by atoms with Gasteiger partial charge in [0.2, 0.25) is 5.91 Å². The van der Waals surface area contributed by atoms with Crippen molar-refractivity contribution in [2.24, 2.45) is 5.41 Å². The van der Waals surface area contributed by atoms with Crippen molar-refractivity contribution in [1.29, 1.82) is 0 Å². The van der Waals surface area contributed by atoms with Gasteiger partial charge in [0.15, 0.2) is 0 Å². The molecule has 0 unspecified atom stereocenters. The number of aryl methyl sites for hydroxylation is 1. The van der Waals surface area contributed by atoms with E-state index in [1.807, 2.05) is 11.8 Å². The number of hydrogen-bond acceptors (Lipinski definition) is 4. The predicted molar refractivity (Wildman–Crippen MR) is 93.0 cm³/mol. The van der Waals surface area contributed by atoms with Gasteiger partial charge in [0.25, 0.3) is 5.91 Å². The highest BCUT2D eigenvalue weighted by atomic mass is 16.3. The van der Waals surface area contributed by atoms with E-state index >= 15 is 0 Å². The third kappa shape index (κ3) is 3.86. The number of amides is 2. The molecule has 1 atom stereocenters. The number of aliphatic hydroxyl groups excluding tert-OH is 1. The highest BCUT2D eigenvalue weighted by Crippen LogP contribution is 2.40. The molecule has 2 aliphatic rings. The zero-order chi connectivity index (χ0) is 18.0. The summed E-state index contributed by atoms with van der Waals surface area (Å²) in [5, 5.41) is 13.8. The van der Waals surface area contributed by atoms with Crippen molar-refractivity contribution in [2.45, 2.75) is 52.2 Å².